The molecule has 7 heteroatoms. The fourth-order valence-electron chi connectivity index (χ4n) is 2.92. The molecule has 1 saturated heterocycles. The maximum absolute atomic E-state index is 12.4. The summed E-state index contributed by atoms with van der Waals surface area (Å²) in [4.78, 5) is 28.3. The van der Waals surface area contributed by atoms with Crippen molar-refractivity contribution in [2.24, 2.45) is 0 Å². The van der Waals surface area contributed by atoms with Gasteiger partial charge in [-0.25, -0.2) is 0 Å². The molecule has 1 aliphatic heterocycles. The quantitative estimate of drug-likeness (QED) is 0.627. The maximum Gasteiger partial charge on any atom is 0.314 e. The van der Waals surface area contributed by atoms with Crippen LogP contribution >= 0.6 is 11.6 Å². The predicted molar refractivity (Wildman–Crippen MR) is 102 cm³/mol. The van der Waals surface area contributed by atoms with E-state index in [1.165, 1.54) is 28.7 Å². The molecule has 0 radical (unpaired) electrons. The Morgan fingerprint density at radius 2 is 1.81 bits per heavy atom. The van der Waals surface area contributed by atoms with Gasteiger partial charge in [0, 0.05) is 36.9 Å². The summed E-state index contributed by atoms with van der Waals surface area (Å²) in [6.07, 6.45) is 0. The molecule has 0 unspecified atom stereocenters. The molecule has 0 spiro atoms. The number of nitrogens with zero attached hydrogens (tertiary/aromatic N) is 2. The Morgan fingerprint density at radius 1 is 1.08 bits per heavy atom. The molecular weight excluding hydrogens is 354 g/mol. The van der Waals surface area contributed by atoms with Crippen LogP contribution < -0.4 is 10.2 Å². The number of aryl methyl sites for hydroxylation is 1. The normalized spacial score (nSPS) is 14.2. The van der Waals surface area contributed by atoms with Crippen molar-refractivity contribution in [1.82, 2.24) is 4.90 Å². The van der Waals surface area contributed by atoms with Gasteiger partial charge in [-0.05, 0) is 42.8 Å². The fourth-order valence-corrected chi connectivity index (χ4v) is 3.09. The number of halogens is 1. The number of hydrogen-bond donors (Lipinski definition) is 2. The van der Waals surface area contributed by atoms with Crippen LogP contribution in [0.1, 0.15) is 5.56 Å². The van der Waals surface area contributed by atoms with Crippen molar-refractivity contribution in [2.75, 3.05) is 36.4 Å². The van der Waals surface area contributed by atoms with Crippen LogP contribution in [0.25, 0.3) is 0 Å². The van der Waals surface area contributed by atoms with Crippen molar-refractivity contribution < 1.29 is 14.7 Å². The van der Waals surface area contributed by atoms with Crippen molar-refractivity contribution in [3.8, 4) is 5.75 Å². The zero-order chi connectivity index (χ0) is 18.7. The predicted octanol–water partition coefficient (Wildman–Crippen LogP) is 2.64. The first kappa shape index (κ1) is 18.1. The Kier molecular flexibility index (Phi) is 5.32. The molecule has 2 aromatic rings. The number of aromatic hydroxyl groups is 1. The van der Waals surface area contributed by atoms with Crippen LogP contribution in [0.2, 0.25) is 5.02 Å². The second-order valence-corrected chi connectivity index (χ2v) is 6.67. The van der Waals surface area contributed by atoms with Gasteiger partial charge < -0.3 is 20.2 Å². The number of carbonyl (C=O) groups is 2. The minimum atomic E-state index is -0.786. The lowest BCUT2D eigenvalue weighted by atomic mass is 10.2. The van der Waals surface area contributed by atoms with E-state index in [2.05, 4.69) is 16.3 Å². The minimum absolute atomic E-state index is 0.120. The summed E-state index contributed by atoms with van der Waals surface area (Å²) in [6.45, 7) is 4.28. The number of amides is 2. The van der Waals surface area contributed by atoms with Crippen LogP contribution in [0.4, 0.5) is 11.4 Å². The average molecular weight is 374 g/mol. The summed E-state index contributed by atoms with van der Waals surface area (Å²) in [5.41, 5.74) is 2.42. The van der Waals surface area contributed by atoms with Gasteiger partial charge in [-0.15, -0.1) is 0 Å². The van der Waals surface area contributed by atoms with Gasteiger partial charge in [0.05, 0.1) is 5.69 Å². The summed E-state index contributed by atoms with van der Waals surface area (Å²) in [6, 6.07) is 12.5. The fraction of sp³-hybridized carbons (Fsp3) is 0.263. The third-order valence-corrected chi connectivity index (χ3v) is 4.57. The van der Waals surface area contributed by atoms with Gasteiger partial charge in [0.2, 0.25) is 0 Å². The van der Waals surface area contributed by atoms with Crippen molar-refractivity contribution in [3.05, 3.63) is 53.1 Å². The van der Waals surface area contributed by atoms with E-state index >= 15 is 0 Å². The molecular formula is C19H20ClN3O3. The van der Waals surface area contributed by atoms with Gasteiger partial charge in [-0.1, -0.05) is 23.7 Å². The van der Waals surface area contributed by atoms with Gasteiger partial charge in [0.1, 0.15) is 5.75 Å². The van der Waals surface area contributed by atoms with Crippen molar-refractivity contribution in [3.63, 3.8) is 0 Å². The Labute approximate surface area is 157 Å². The highest BCUT2D eigenvalue weighted by atomic mass is 35.5. The Hall–Kier alpha value is -2.73. The van der Waals surface area contributed by atoms with Crippen LogP contribution in [-0.4, -0.2) is 48.0 Å². The molecule has 26 heavy (non-hydrogen) atoms. The lowest BCUT2D eigenvalue weighted by molar-refractivity contribution is -0.143. The highest BCUT2D eigenvalue weighted by Gasteiger charge is 2.26. The molecule has 6 nitrogen and oxygen atoms in total. The summed E-state index contributed by atoms with van der Waals surface area (Å²) < 4.78 is 0. The van der Waals surface area contributed by atoms with E-state index in [-0.39, 0.29) is 11.4 Å². The molecule has 0 aliphatic carbocycles. The van der Waals surface area contributed by atoms with E-state index in [9.17, 15) is 14.7 Å². The largest absolute Gasteiger partial charge is 0.506 e. The second-order valence-electron chi connectivity index (χ2n) is 6.23. The SMILES string of the molecule is Cc1cccc(N2CCN(C(=O)C(=O)Nc3cc(Cl)ccc3O)CC2)c1. The Morgan fingerprint density at radius 3 is 2.50 bits per heavy atom. The van der Waals surface area contributed by atoms with Crippen molar-refractivity contribution >= 4 is 34.8 Å². The van der Waals surface area contributed by atoms with Crippen molar-refractivity contribution in [1.29, 1.82) is 0 Å². The monoisotopic (exact) mass is 373 g/mol. The zero-order valence-corrected chi connectivity index (χ0v) is 15.2. The third-order valence-electron chi connectivity index (χ3n) is 4.33. The van der Waals surface area contributed by atoms with Gasteiger partial charge in [0.15, 0.2) is 0 Å². The molecule has 0 aromatic heterocycles. The molecule has 2 aromatic carbocycles. The summed E-state index contributed by atoms with van der Waals surface area (Å²) in [7, 11) is 0. The number of phenols is 1. The number of anilines is 2. The number of carbonyl (C=O) groups excluding carboxylic acids is 2. The molecule has 1 heterocycles. The smallest absolute Gasteiger partial charge is 0.314 e. The van der Waals surface area contributed by atoms with Crippen LogP contribution in [0, 0.1) is 6.92 Å². The molecule has 0 bridgehead atoms. The van der Waals surface area contributed by atoms with E-state index in [0.717, 1.165) is 5.69 Å². The van der Waals surface area contributed by atoms with E-state index in [0.29, 0.717) is 31.2 Å². The van der Waals surface area contributed by atoms with Crippen LogP contribution in [-0.2, 0) is 9.59 Å². The average Bonchev–Trinajstić information content (AvgIpc) is 2.64. The van der Waals surface area contributed by atoms with Crippen LogP contribution in [0.15, 0.2) is 42.5 Å². The molecule has 1 fully saturated rings. The molecule has 1 aliphatic rings. The number of rotatable bonds is 2. The maximum atomic E-state index is 12.4. The molecule has 136 valence electrons. The Bertz CT molecular complexity index is 833. The standard InChI is InChI=1S/C19H20ClN3O3/c1-13-3-2-4-15(11-13)22-7-9-23(10-8-22)19(26)18(25)21-16-12-14(20)5-6-17(16)24/h2-6,11-12,24H,7-10H2,1H3,(H,21,25). The number of hydrogen-bond acceptors (Lipinski definition) is 4. The minimum Gasteiger partial charge on any atom is -0.506 e. The van der Waals surface area contributed by atoms with Crippen molar-refractivity contribution in [2.45, 2.75) is 6.92 Å². The number of benzene rings is 2. The summed E-state index contributed by atoms with van der Waals surface area (Å²) >= 11 is 5.85. The highest BCUT2D eigenvalue weighted by molar-refractivity contribution is 6.40. The van der Waals surface area contributed by atoms with Gasteiger partial charge in [-0.3, -0.25) is 9.59 Å². The first-order valence-corrected chi connectivity index (χ1v) is 8.72. The summed E-state index contributed by atoms with van der Waals surface area (Å²) in [5, 5.41) is 12.5. The van der Waals surface area contributed by atoms with E-state index < -0.39 is 11.8 Å². The zero-order valence-electron chi connectivity index (χ0n) is 14.4. The molecule has 0 saturated carbocycles. The highest BCUT2D eigenvalue weighted by Crippen LogP contribution is 2.26. The lowest BCUT2D eigenvalue weighted by Gasteiger charge is -2.35. The molecule has 2 amide bonds. The molecule has 2 N–H and O–H groups in total. The van der Waals surface area contributed by atoms with Crippen LogP contribution in [0.3, 0.4) is 0 Å². The number of phenolic OH excluding ortho intramolecular Hbond substituents is 1. The lowest BCUT2D eigenvalue weighted by Crippen LogP contribution is -2.51. The van der Waals surface area contributed by atoms with E-state index in [4.69, 9.17) is 11.6 Å². The van der Waals surface area contributed by atoms with E-state index in [1.807, 2.05) is 25.1 Å². The van der Waals surface area contributed by atoms with Gasteiger partial charge in [-0.2, -0.15) is 0 Å². The first-order valence-electron chi connectivity index (χ1n) is 8.34. The van der Waals surface area contributed by atoms with Gasteiger partial charge in [0.25, 0.3) is 0 Å². The Balaban J connectivity index is 1.59. The van der Waals surface area contributed by atoms with E-state index in [1.54, 1.807) is 0 Å². The second kappa shape index (κ2) is 7.66. The summed E-state index contributed by atoms with van der Waals surface area (Å²) in [5.74, 6) is -1.54. The molecule has 3 rings (SSSR count). The van der Waals surface area contributed by atoms with Gasteiger partial charge >= 0.3 is 11.8 Å². The topological polar surface area (TPSA) is 72.9 Å². The molecule has 0 atom stereocenters. The number of piperazine rings is 1. The first-order chi connectivity index (χ1) is 12.4. The number of nitrogens with one attached hydrogen (secondary N) is 1. The van der Waals surface area contributed by atoms with Crippen LogP contribution in [0.5, 0.6) is 5.75 Å². The third kappa shape index (κ3) is 4.08.